The molecule has 0 radical (unpaired) electrons. The van der Waals surface area contributed by atoms with Gasteiger partial charge in [0.1, 0.15) is 0 Å². The molecule has 0 spiro atoms. The van der Waals surface area contributed by atoms with Crippen LogP contribution in [0.25, 0.3) is 0 Å². The highest BCUT2D eigenvalue weighted by Gasteiger charge is 2.22. The number of carbonyl (C=O) groups is 1. The molecular formula is C14H19FN2O2. The number of nitrogens with one attached hydrogen (secondary N) is 2. The van der Waals surface area contributed by atoms with Crippen molar-refractivity contribution in [3.05, 3.63) is 29.6 Å². The summed E-state index contributed by atoms with van der Waals surface area (Å²) < 4.78 is 19.0. The van der Waals surface area contributed by atoms with Crippen LogP contribution in [0.3, 0.4) is 0 Å². The lowest BCUT2D eigenvalue weighted by Gasteiger charge is -2.09. The summed E-state index contributed by atoms with van der Waals surface area (Å²) in [7, 11) is 1.81. The lowest BCUT2D eigenvalue weighted by Crippen LogP contribution is -2.26. The van der Waals surface area contributed by atoms with Gasteiger partial charge in [-0.25, -0.2) is 4.39 Å². The fourth-order valence-corrected chi connectivity index (χ4v) is 1.76. The summed E-state index contributed by atoms with van der Waals surface area (Å²) in [6, 6.07) is 5.20. The predicted molar refractivity (Wildman–Crippen MR) is 70.4 cm³/mol. The fraction of sp³-hybridized carbons (Fsp3) is 0.500. The van der Waals surface area contributed by atoms with Crippen molar-refractivity contribution in [2.75, 3.05) is 13.7 Å². The van der Waals surface area contributed by atoms with Crippen molar-refractivity contribution >= 4 is 5.91 Å². The molecule has 0 bridgehead atoms. The lowest BCUT2D eigenvalue weighted by molar-refractivity contribution is -0.121. The molecule has 2 N–H and O–H groups in total. The number of ether oxygens (including phenoxy) is 1. The molecule has 2 rings (SSSR count). The monoisotopic (exact) mass is 266 g/mol. The van der Waals surface area contributed by atoms with Crippen LogP contribution in [0.1, 0.15) is 24.8 Å². The second-order valence-corrected chi connectivity index (χ2v) is 4.74. The molecule has 0 heterocycles. The predicted octanol–water partition coefficient (Wildman–Crippen LogP) is 1.59. The summed E-state index contributed by atoms with van der Waals surface area (Å²) in [4.78, 5) is 11.4. The first-order valence-corrected chi connectivity index (χ1v) is 6.54. The molecule has 0 aliphatic heterocycles. The van der Waals surface area contributed by atoms with E-state index in [4.69, 9.17) is 4.74 Å². The number of halogens is 1. The summed E-state index contributed by atoms with van der Waals surface area (Å²) in [5, 5.41) is 5.81. The van der Waals surface area contributed by atoms with Crippen molar-refractivity contribution in [1.82, 2.24) is 10.6 Å². The van der Waals surface area contributed by atoms with Crippen molar-refractivity contribution in [2.24, 2.45) is 0 Å². The minimum atomic E-state index is -0.393. The van der Waals surface area contributed by atoms with Gasteiger partial charge in [0.2, 0.25) is 5.91 Å². The van der Waals surface area contributed by atoms with Crippen LogP contribution in [0.4, 0.5) is 4.39 Å². The third-order valence-electron chi connectivity index (χ3n) is 2.91. The quantitative estimate of drug-likeness (QED) is 0.788. The van der Waals surface area contributed by atoms with E-state index < -0.39 is 5.82 Å². The zero-order valence-corrected chi connectivity index (χ0v) is 11.0. The Bertz CT molecular complexity index is 447. The molecule has 0 aromatic heterocycles. The van der Waals surface area contributed by atoms with E-state index in [0.29, 0.717) is 12.6 Å². The standard InChI is InChI=1S/C14H19FN2O2/c1-16-9-10-2-5-13(12(15)8-10)19-7-6-14(18)17-11-3-4-11/h2,5,8,11,16H,3-4,6-7,9H2,1H3,(H,17,18). The molecule has 1 aromatic rings. The van der Waals surface area contributed by atoms with Crippen LogP contribution in [0.15, 0.2) is 18.2 Å². The highest BCUT2D eigenvalue weighted by molar-refractivity contribution is 5.76. The summed E-state index contributed by atoms with van der Waals surface area (Å²) in [6.45, 7) is 0.807. The van der Waals surface area contributed by atoms with Gasteiger partial charge in [-0.15, -0.1) is 0 Å². The second kappa shape index (κ2) is 6.52. The van der Waals surface area contributed by atoms with Crippen LogP contribution < -0.4 is 15.4 Å². The van der Waals surface area contributed by atoms with Crippen LogP contribution in [0, 0.1) is 5.82 Å². The van der Waals surface area contributed by atoms with E-state index in [0.717, 1.165) is 18.4 Å². The van der Waals surface area contributed by atoms with Gasteiger partial charge in [0.05, 0.1) is 13.0 Å². The third-order valence-corrected chi connectivity index (χ3v) is 2.91. The van der Waals surface area contributed by atoms with Gasteiger partial charge in [0.15, 0.2) is 11.6 Å². The SMILES string of the molecule is CNCc1ccc(OCCC(=O)NC2CC2)c(F)c1. The molecule has 1 aliphatic carbocycles. The number of hydrogen-bond donors (Lipinski definition) is 2. The maximum Gasteiger partial charge on any atom is 0.223 e. The molecule has 104 valence electrons. The highest BCUT2D eigenvalue weighted by atomic mass is 19.1. The third kappa shape index (κ3) is 4.52. The Kier molecular flexibility index (Phi) is 4.74. The molecule has 5 heteroatoms. The minimum Gasteiger partial charge on any atom is -0.490 e. The molecule has 0 unspecified atom stereocenters. The van der Waals surface area contributed by atoms with Gasteiger partial charge in [-0.3, -0.25) is 4.79 Å². The van der Waals surface area contributed by atoms with Crippen LogP contribution in [-0.4, -0.2) is 25.6 Å². The molecule has 1 amide bonds. The number of amides is 1. The van der Waals surface area contributed by atoms with E-state index in [1.165, 1.54) is 6.07 Å². The molecule has 1 aliphatic rings. The Labute approximate surface area is 112 Å². The molecule has 0 saturated heterocycles. The number of carbonyl (C=O) groups excluding carboxylic acids is 1. The van der Waals surface area contributed by atoms with E-state index in [1.54, 1.807) is 19.2 Å². The van der Waals surface area contributed by atoms with E-state index in [-0.39, 0.29) is 24.7 Å². The highest BCUT2D eigenvalue weighted by Crippen LogP contribution is 2.20. The van der Waals surface area contributed by atoms with Gasteiger partial charge >= 0.3 is 0 Å². The largest absolute Gasteiger partial charge is 0.490 e. The molecule has 1 aromatic carbocycles. The van der Waals surface area contributed by atoms with Crippen LogP contribution in [0.2, 0.25) is 0 Å². The minimum absolute atomic E-state index is 0.0327. The summed E-state index contributed by atoms with van der Waals surface area (Å²) >= 11 is 0. The average Bonchev–Trinajstić information content (AvgIpc) is 3.16. The molecule has 0 atom stereocenters. The van der Waals surface area contributed by atoms with E-state index in [9.17, 15) is 9.18 Å². The van der Waals surface area contributed by atoms with Crippen molar-refractivity contribution < 1.29 is 13.9 Å². The van der Waals surface area contributed by atoms with Crippen molar-refractivity contribution in [1.29, 1.82) is 0 Å². The van der Waals surface area contributed by atoms with Crippen LogP contribution in [-0.2, 0) is 11.3 Å². The molecule has 19 heavy (non-hydrogen) atoms. The molecule has 4 nitrogen and oxygen atoms in total. The summed E-state index contributed by atoms with van der Waals surface area (Å²) in [6.07, 6.45) is 2.39. The Hall–Kier alpha value is -1.62. The smallest absolute Gasteiger partial charge is 0.223 e. The van der Waals surface area contributed by atoms with E-state index in [1.807, 2.05) is 0 Å². The number of rotatable bonds is 7. The van der Waals surface area contributed by atoms with Crippen LogP contribution >= 0.6 is 0 Å². The maximum atomic E-state index is 13.7. The van der Waals surface area contributed by atoms with Gasteiger partial charge in [-0.1, -0.05) is 6.07 Å². The summed E-state index contributed by atoms with van der Waals surface area (Å²) in [5.74, 6) is -0.232. The second-order valence-electron chi connectivity index (χ2n) is 4.74. The van der Waals surface area contributed by atoms with Gasteiger partial charge < -0.3 is 15.4 Å². The topological polar surface area (TPSA) is 50.4 Å². The molecular weight excluding hydrogens is 247 g/mol. The Morgan fingerprint density at radius 2 is 2.26 bits per heavy atom. The molecule has 1 fully saturated rings. The van der Waals surface area contributed by atoms with Gasteiger partial charge in [-0.05, 0) is 37.6 Å². The van der Waals surface area contributed by atoms with Crippen molar-refractivity contribution in [2.45, 2.75) is 31.8 Å². The first-order chi connectivity index (χ1) is 9.19. The number of benzene rings is 1. The Balaban J connectivity index is 1.76. The van der Waals surface area contributed by atoms with Crippen LogP contribution in [0.5, 0.6) is 5.75 Å². The van der Waals surface area contributed by atoms with Crippen molar-refractivity contribution in [3.8, 4) is 5.75 Å². The average molecular weight is 266 g/mol. The molecule has 1 saturated carbocycles. The first-order valence-electron chi connectivity index (χ1n) is 6.54. The Morgan fingerprint density at radius 3 is 2.89 bits per heavy atom. The van der Waals surface area contributed by atoms with Gasteiger partial charge in [-0.2, -0.15) is 0 Å². The fourth-order valence-electron chi connectivity index (χ4n) is 1.76. The van der Waals surface area contributed by atoms with Gasteiger partial charge in [0, 0.05) is 12.6 Å². The van der Waals surface area contributed by atoms with Gasteiger partial charge in [0.25, 0.3) is 0 Å². The zero-order chi connectivity index (χ0) is 13.7. The lowest BCUT2D eigenvalue weighted by atomic mass is 10.2. The maximum absolute atomic E-state index is 13.7. The first kappa shape index (κ1) is 13.8. The Morgan fingerprint density at radius 1 is 1.47 bits per heavy atom. The number of hydrogen-bond acceptors (Lipinski definition) is 3. The van der Waals surface area contributed by atoms with E-state index >= 15 is 0 Å². The van der Waals surface area contributed by atoms with E-state index in [2.05, 4.69) is 10.6 Å². The van der Waals surface area contributed by atoms with Crippen molar-refractivity contribution in [3.63, 3.8) is 0 Å². The summed E-state index contributed by atoms with van der Waals surface area (Å²) in [5.41, 5.74) is 0.860. The zero-order valence-electron chi connectivity index (χ0n) is 11.0. The normalized spacial score (nSPS) is 14.2.